The molecule has 0 aliphatic heterocycles. The van der Waals surface area contributed by atoms with Crippen molar-refractivity contribution < 1.29 is 48.2 Å². The Morgan fingerprint density at radius 2 is 0.763 bits per heavy atom. The Labute approximate surface area is 230 Å². The average molecular weight is 553 g/mol. The van der Waals surface area contributed by atoms with Crippen LogP contribution in [0.5, 0.6) is 0 Å². The van der Waals surface area contributed by atoms with Crippen LogP contribution in [0.15, 0.2) is 0 Å². The van der Waals surface area contributed by atoms with E-state index in [4.69, 9.17) is 38.6 Å². The van der Waals surface area contributed by atoms with E-state index in [2.05, 4.69) is 13.8 Å². The van der Waals surface area contributed by atoms with Crippen molar-refractivity contribution in [2.75, 3.05) is 79.3 Å². The molecule has 0 rings (SSSR count). The minimum absolute atomic E-state index is 0.0417. The summed E-state index contributed by atoms with van der Waals surface area (Å²) in [6.45, 7) is 8.24. The molecule has 0 aromatic rings. The van der Waals surface area contributed by atoms with E-state index < -0.39 is 0 Å². The Bertz CT molecular complexity index is 435. The smallest absolute Gasteiger partial charge is 0.305 e. The second kappa shape index (κ2) is 35.7. The number of ether oxygens (including phenoxy) is 6. The van der Waals surface area contributed by atoms with Crippen LogP contribution in [0.3, 0.4) is 0 Å². The van der Waals surface area contributed by atoms with Gasteiger partial charge in [-0.05, 0) is 12.8 Å². The molecule has 0 unspecified atom stereocenters. The predicted octanol–water partition coefficient (Wildman–Crippen LogP) is 3.83. The lowest BCUT2D eigenvalue weighted by Gasteiger charge is -2.08. The lowest BCUT2D eigenvalue weighted by molar-refractivity contribution is -0.147. The molecule has 0 aromatic carbocycles. The Kier molecular flexibility index (Phi) is 36.5. The Hall–Kier alpha value is -1.30. The Morgan fingerprint density at radius 1 is 0.447 bits per heavy atom. The molecule has 0 heterocycles. The van der Waals surface area contributed by atoms with Gasteiger partial charge in [0.25, 0.3) is 0 Å². The van der Waals surface area contributed by atoms with Gasteiger partial charge >= 0.3 is 11.9 Å². The van der Waals surface area contributed by atoms with Gasteiger partial charge in [0.15, 0.2) is 0 Å². The normalized spacial score (nSPS) is 10.6. The summed E-state index contributed by atoms with van der Waals surface area (Å²) in [4.78, 5) is 23.0. The van der Waals surface area contributed by atoms with Crippen LogP contribution in [0.1, 0.15) is 90.9 Å². The third-order valence-corrected chi connectivity index (χ3v) is 5.17. The predicted molar refractivity (Wildman–Crippen MR) is 146 cm³/mol. The third kappa shape index (κ3) is 36.9. The largest absolute Gasteiger partial charge is 0.463 e. The molecular weight excluding hydrogens is 496 g/mol. The van der Waals surface area contributed by atoms with Gasteiger partial charge in [-0.3, -0.25) is 9.59 Å². The molecule has 228 valence electrons. The molecule has 0 bridgehead atoms. The first kappa shape index (κ1) is 38.8. The van der Waals surface area contributed by atoms with E-state index in [0.717, 1.165) is 25.7 Å². The highest BCUT2D eigenvalue weighted by molar-refractivity contribution is 5.69. The van der Waals surface area contributed by atoms with Crippen molar-refractivity contribution in [2.45, 2.75) is 90.9 Å². The molecule has 0 atom stereocenters. The van der Waals surface area contributed by atoms with Crippen LogP contribution in [0.2, 0.25) is 0 Å². The van der Waals surface area contributed by atoms with Crippen molar-refractivity contribution in [3.05, 3.63) is 0 Å². The highest BCUT2D eigenvalue weighted by Crippen LogP contribution is 2.06. The fraction of sp³-hybridized carbons (Fsp3) is 0.929. The number of hydrogen-bond donors (Lipinski definition) is 2. The van der Waals surface area contributed by atoms with E-state index in [0.29, 0.717) is 65.7 Å². The van der Waals surface area contributed by atoms with Crippen molar-refractivity contribution in [1.82, 2.24) is 0 Å². The first-order chi connectivity index (χ1) is 18.6. The second-order valence-corrected chi connectivity index (χ2v) is 8.67. The van der Waals surface area contributed by atoms with E-state index in [1.165, 1.54) is 38.5 Å². The number of esters is 2. The number of aliphatic hydroxyl groups excluding tert-OH is 2. The summed E-state index contributed by atoms with van der Waals surface area (Å²) in [7, 11) is 0. The second-order valence-electron chi connectivity index (χ2n) is 8.67. The Balaban J connectivity index is 0. The lowest BCUT2D eigenvalue weighted by Crippen LogP contribution is -2.15. The van der Waals surface area contributed by atoms with Crippen molar-refractivity contribution in [3.63, 3.8) is 0 Å². The summed E-state index contributed by atoms with van der Waals surface area (Å²) in [6, 6.07) is 0. The van der Waals surface area contributed by atoms with Gasteiger partial charge in [-0.15, -0.1) is 0 Å². The first-order valence-electron chi connectivity index (χ1n) is 14.5. The van der Waals surface area contributed by atoms with Crippen LogP contribution in [-0.4, -0.2) is 101 Å². The van der Waals surface area contributed by atoms with E-state index in [9.17, 15) is 9.59 Å². The van der Waals surface area contributed by atoms with Crippen LogP contribution < -0.4 is 0 Å². The quantitative estimate of drug-likeness (QED) is 0.109. The number of carbonyl (C=O) groups excluding carboxylic acids is 2. The minimum atomic E-state index is -0.150. The molecule has 0 saturated heterocycles. The van der Waals surface area contributed by atoms with E-state index >= 15 is 0 Å². The van der Waals surface area contributed by atoms with Gasteiger partial charge in [0.1, 0.15) is 13.2 Å². The van der Waals surface area contributed by atoms with E-state index in [1.54, 1.807) is 0 Å². The number of unbranched alkanes of at least 4 members (excludes halogenated alkanes) is 8. The number of carbonyl (C=O) groups is 2. The highest BCUT2D eigenvalue weighted by Gasteiger charge is 2.03. The van der Waals surface area contributed by atoms with Crippen molar-refractivity contribution in [3.8, 4) is 0 Å². The number of aliphatic hydroxyl groups is 2. The zero-order valence-electron chi connectivity index (χ0n) is 24.1. The van der Waals surface area contributed by atoms with Gasteiger partial charge in [0.05, 0.1) is 66.1 Å². The van der Waals surface area contributed by atoms with Gasteiger partial charge in [-0.25, -0.2) is 0 Å². The molecule has 0 aliphatic rings. The van der Waals surface area contributed by atoms with Gasteiger partial charge in [-0.1, -0.05) is 65.2 Å². The van der Waals surface area contributed by atoms with Crippen LogP contribution in [0.25, 0.3) is 0 Å². The van der Waals surface area contributed by atoms with E-state index in [-0.39, 0.29) is 38.4 Å². The van der Waals surface area contributed by atoms with Gasteiger partial charge in [0, 0.05) is 12.8 Å². The first-order valence-corrected chi connectivity index (χ1v) is 14.5. The van der Waals surface area contributed by atoms with Crippen LogP contribution in [0.4, 0.5) is 0 Å². The summed E-state index contributed by atoms with van der Waals surface area (Å²) < 4.78 is 30.7. The lowest BCUT2D eigenvalue weighted by atomic mass is 10.1. The molecular formula is C28H56O10. The maximum atomic E-state index is 11.5. The Morgan fingerprint density at radius 3 is 1.11 bits per heavy atom. The molecule has 0 spiro atoms. The minimum Gasteiger partial charge on any atom is -0.463 e. The topological polar surface area (TPSA) is 130 Å². The maximum absolute atomic E-state index is 11.5. The molecule has 10 nitrogen and oxygen atoms in total. The zero-order chi connectivity index (χ0) is 28.4. The summed E-state index contributed by atoms with van der Waals surface area (Å²) in [5.74, 6) is -0.299. The average Bonchev–Trinajstić information content (AvgIpc) is 2.92. The fourth-order valence-electron chi connectivity index (χ4n) is 3.09. The summed E-state index contributed by atoms with van der Waals surface area (Å²) in [5, 5.41) is 16.5. The number of rotatable bonds is 28. The van der Waals surface area contributed by atoms with Gasteiger partial charge in [0.2, 0.25) is 0 Å². The monoisotopic (exact) mass is 552 g/mol. The maximum Gasteiger partial charge on any atom is 0.305 e. The fourth-order valence-corrected chi connectivity index (χ4v) is 3.09. The van der Waals surface area contributed by atoms with E-state index in [1.807, 2.05) is 0 Å². The van der Waals surface area contributed by atoms with Crippen molar-refractivity contribution in [2.24, 2.45) is 0 Å². The molecule has 0 aliphatic carbocycles. The molecule has 0 aromatic heterocycles. The molecule has 0 amide bonds. The molecule has 0 radical (unpaired) electrons. The highest BCUT2D eigenvalue weighted by atomic mass is 16.6. The molecule has 0 fully saturated rings. The van der Waals surface area contributed by atoms with Crippen LogP contribution in [-0.2, 0) is 38.0 Å². The summed E-state index contributed by atoms with van der Waals surface area (Å²) >= 11 is 0. The summed E-state index contributed by atoms with van der Waals surface area (Å²) in [5.41, 5.74) is 0. The van der Waals surface area contributed by atoms with Gasteiger partial charge < -0.3 is 38.6 Å². The van der Waals surface area contributed by atoms with Crippen molar-refractivity contribution in [1.29, 1.82) is 0 Å². The summed E-state index contributed by atoms with van der Waals surface area (Å²) in [6.07, 6.45) is 12.2. The number of hydrogen-bond acceptors (Lipinski definition) is 10. The van der Waals surface area contributed by atoms with Crippen molar-refractivity contribution >= 4 is 11.9 Å². The molecule has 0 saturated carbocycles. The van der Waals surface area contributed by atoms with Gasteiger partial charge in [-0.2, -0.15) is 0 Å². The molecule has 2 N–H and O–H groups in total. The standard InChI is InChI=1S/C22H42O6.C6H14O4/c1-3-5-7-9-11-13-21(23)27-19-17-25-15-16-26-18-20-28-22(24)14-12-10-8-6-4-2;7-1-3-9-5-6-10-4-2-8/h3-20H2,1-2H3;7-8H,1-6H2. The molecule has 10 heteroatoms. The van der Waals surface area contributed by atoms with Crippen LogP contribution in [0, 0.1) is 0 Å². The SMILES string of the molecule is CCCCCCCC(=O)OCCOCCOCCOC(=O)CCCCCCC.OCCOCCOCCO. The van der Waals surface area contributed by atoms with Crippen LogP contribution >= 0.6 is 0 Å². The molecule has 38 heavy (non-hydrogen) atoms. The zero-order valence-corrected chi connectivity index (χ0v) is 24.1. The third-order valence-electron chi connectivity index (χ3n) is 5.17.